The van der Waals surface area contributed by atoms with Crippen molar-refractivity contribution >= 4 is 24.8 Å². The number of carbonyl (C=O) groups is 1. The van der Waals surface area contributed by atoms with Crippen molar-refractivity contribution in [3.63, 3.8) is 0 Å². The van der Waals surface area contributed by atoms with Gasteiger partial charge in [-0.2, -0.15) is 13.2 Å². The maximum atomic E-state index is 12.1. The van der Waals surface area contributed by atoms with Gasteiger partial charge in [0.25, 0.3) is 0 Å². The molecule has 7 heteroatoms. The topological polar surface area (TPSA) is 50.2 Å². The predicted molar refractivity (Wildman–Crippen MR) is 47.7 cm³/mol. The van der Waals surface area contributed by atoms with Gasteiger partial charge in [0, 0.05) is 6.20 Å². The van der Waals surface area contributed by atoms with E-state index in [1.54, 1.807) is 0 Å². The van der Waals surface area contributed by atoms with Gasteiger partial charge in [-0.15, -0.1) is 0 Å². The fourth-order valence-corrected chi connectivity index (χ4v) is 0.906. The van der Waals surface area contributed by atoms with Crippen molar-refractivity contribution in [1.29, 1.82) is 0 Å². The van der Waals surface area contributed by atoms with Crippen molar-refractivity contribution in [2.75, 3.05) is 0 Å². The fourth-order valence-electron chi connectivity index (χ4n) is 0.906. The molecular weight excluding hydrogens is 206 g/mol. The molecule has 0 atom stereocenters. The number of aromatic nitrogens is 1. The molecule has 0 fully saturated rings. The molecule has 1 rings (SSSR count). The minimum absolute atomic E-state index is 0. The summed E-state index contributed by atoms with van der Waals surface area (Å²) in [4.78, 5) is 13.7. The average molecular weight is 213 g/mol. The third-order valence-electron chi connectivity index (χ3n) is 1.48. The molecule has 0 bridgehead atoms. The van der Waals surface area contributed by atoms with E-state index in [2.05, 4.69) is 4.98 Å². The second-order valence-corrected chi connectivity index (χ2v) is 2.60. The van der Waals surface area contributed by atoms with Gasteiger partial charge in [0.1, 0.15) is 0 Å². The predicted octanol–water partition coefficient (Wildman–Crippen LogP) is 1.08. The number of alkyl halides is 3. The molecule has 1 N–H and O–H groups in total. The molecule has 0 saturated heterocycles. The average Bonchev–Trinajstić information content (AvgIpc) is 2.01. The van der Waals surface area contributed by atoms with Crippen LogP contribution in [0.2, 0.25) is 0 Å². The number of hydrogen-bond acceptors (Lipinski definition) is 2. The summed E-state index contributed by atoms with van der Waals surface area (Å²) in [7, 11) is 0. The Bertz CT molecular complexity index is 354. The van der Waals surface area contributed by atoms with Gasteiger partial charge in [0.05, 0.1) is 17.7 Å². The van der Waals surface area contributed by atoms with Crippen molar-refractivity contribution in [3.05, 3.63) is 29.6 Å². The van der Waals surface area contributed by atoms with E-state index in [0.29, 0.717) is 0 Å². The van der Waals surface area contributed by atoms with E-state index in [-0.39, 0.29) is 24.6 Å². The first-order chi connectivity index (χ1) is 6.39. The van der Waals surface area contributed by atoms with Crippen LogP contribution in [0.15, 0.2) is 18.3 Å². The van der Waals surface area contributed by atoms with E-state index in [1.807, 2.05) is 0 Å². The summed E-state index contributed by atoms with van der Waals surface area (Å²) in [6.45, 7) is 0. The van der Waals surface area contributed by atoms with Crippen LogP contribution >= 0.6 is 0 Å². The quantitative estimate of drug-likeness (QED) is 0.747. The van der Waals surface area contributed by atoms with E-state index in [9.17, 15) is 18.0 Å². The second-order valence-electron chi connectivity index (χ2n) is 2.60. The van der Waals surface area contributed by atoms with Crippen molar-refractivity contribution in [2.24, 2.45) is 0 Å². The first kappa shape index (κ1) is 14.0. The Kier molecular flexibility index (Phi) is 4.85. The molecule has 0 unspecified atom stereocenters. The zero-order chi connectivity index (χ0) is 10.8. The molecule has 0 radical (unpaired) electrons. The van der Waals surface area contributed by atoms with E-state index in [0.717, 1.165) is 18.3 Å². The molecular formula is C8H7F3LiNO2. The first-order valence-corrected chi connectivity index (χ1v) is 3.63. The van der Waals surface area contributed by atoms with Crippen LogP contribution < -0.4 is 0 Å². The molecule has 78 valence electrons. The second kappa shape index (κ2) is 5.19. The molecule has 0 aliphatic rings. The Morgan fingerprint density at radius 1 is 1.47 bits per heavy atom. The number of carboxylic acids is 1. The summed E-state index contributed by atoms with van der Waals surface area (Å²) in [5.41, 5.74) is -0.990. The Balaban J connectivity index is 0.00000196. The van der Waals surface area contributed by atoms with Gasteiger partial charge in [0.15, 0.2) is 0 Å². The molecule has 1 heterocycles. The number of hydrogen-bond donors (Lipinski definition) is 1. The van der Waals surface area contributed by atoms with Crippen LogP contribution in [-0.2, 0) is 17.4 Å². The number of pyridine rings is 1. The standard InChI is InChI=1S/C8H6F3NO2.Li.H/c9-8(10,11)5-1-2-12-6(3-5)4-7(13)14;;/h1-3H,4H2,(H,13,14);;. The van der Waals surface area contributed by atoms with Crippen LogP contribution in [0.3, 0.4) is 0 Å². The van der Waals surface area contributed by atoms with Gasteiger partial charge in [0.2, 0.25) is 0 Å². The van der Waals surface area contributed by atoms with Gasteiger partial charge >= 0.3 is 31.0 Å². The summed E-state index contributed by atoms with van der Waals surface area (Å²) in [6.07, 6.45) is -4.03. The molecule has 15 heavy (non-hydrogen) atoms. The van der Waals surface area contributed by atoms with E-state index in [1.165, 1.54) is 0 Å². The Hall–Kier alpha value is -0.993. The molecule has 0 aromatic carbocycles. The van der Waals surface area contributed by atoms with Gasteiger partial charge < -0.3 is 5.11 Å². The molecule has 3 nitrogen and oxygen atoms in total. The molecule has 0 spiro atoms. The summed E-state index contributed by atoms with van der Waals surface area (Å²) < 4.78 is 36.4. The van der Waals surface area contributed by atoms with Crippen molar-refractivity contribution in [2.45, 2.75) is 12.6 Å². The van der Waals surface area contributed by atoms with Crippen LogP contribution in [0, 0.1) is 0 Å². The summed E-state index contributed by atoms with van der Waals surface area (Å²) >= 11 is 0. The van der Waals surface area contributed by atoms with E-state index >= 15 is 0 Å². The van der Waals surface area contributed by atoms with Crippen LogP contribution in [0.1, 0.15) is 11.3 Å². The zero-order valence-corrected chi connectivity index (χ0v) is 6.88. The summed E-state index contributed by atoms with van der Waals surface area (Å²) in [5, 5.41) is 8.34. The van der Waals surface area contributed by atoms with Crippen molar-refractivity contribution in [1.82, 2.24) is 4.98 Å². The number of rotatable bonds is 2. The zero-order valence-electron chi connectivity index (χ0n) is 6.88. The Morgan fingerprint density at radius 2 is 2.07 bits per heavy atom. The third-order valence-corrected chi connectivity index (χ3v) is 1.48. The molecule has 0 aliphatic carbocycles. The number of aliphatic carboxylic acids is 1. The van der Waals surface area contributed by atoms with Gasteiger partial charge in [-0.25, -0.2) is 0 Å². The molecule has 1 aromatic heterocycles. The fraction of sp³-hybridized carbons (Fsp3) is 0.250. The minimum atomic E-state index is -4.46. The first-order valence-electron chi connectivity index (χ1n) is 3.63. The van der Waals surface area contributed by atoms with Crippen LogP contribution in [-0.4, -0.2) is 34.9 Å². The molecule has 0 aliphatic heterocycles. The van der Waals surface area contributed by atoms with E-state index < -0.39 is 24.1 Å². The van der Waals surface area contributed by atoms with Crippen molar-refractivity contribution < 1.29 is 23.1 Å². The number of nitrogens with zero attached hydrogens (tertiary/aromatic N) is 1. The van der Waals surface area contributed by atoms with Crippen molar-refractivity contribution in [3.8, 4) is 0 Å². The number of carboxylic acid groups (broad SMARTS) is 1. The third kappa shape index (κ3) is 4.36. The summed E-state index contributed by atoms with van der Waals surface area (Å²) in [5.74, 6) is -1.21. The van der Waals surface area contributed by atoms with E-state index in [4.69, 9.17) is 5.11 Å². The number of halogens is 3. The van der Waals surface area contributed by atoms with Crippen LogP contribution in [0.25, 0.3) is 0 Å². The SMILES string of the molecule is O=C(O)Cc1cc(C(F)(F)F)ccn1.[LiH]. The monoisotopic (exact) mass is 213 g/mol. The molecule has 0 amide bonds. The Morgan fingerprint density at radius 3 is 2.53 bits per heavy atom. The van der Waals surface area contributed by atoms with Gasteiger partial charge in [-0.05, 0) is 12.1 Å². The van der Waals surface area contributed by atoms with Gasteiger partial charge in [-0.3, -0.25) is 9.78 Å². The molecule has 0 saturated carbocycles. The van der Waals surface area contributed by atoms with Gasteiger partial charge in [-0.1, -0.05) is 0 Å². The van der Waals surface area contributed by atoms with Crippen LogP contribution in [0.4, 0.5) is 13.2 Å². The summed E-state index contributed by atoms with van der Waals surface area (Å²) in [6, 6.07) is 1.53. The molecule has 1 aromatic rings. The Labute approximate surface area is 95.5 Å². The normalized spacial score (nSPS) is 10.6. The van der Waals surface area contributed by atoms with Crippen LogP contribution in [0.5, 0.6) is 0 Å². The maximum absolute atomic E-state index is 12.1.